The molecule has 0 bridgehead atoms. The molecule has 0 aromatic heterocycles. The van der Waals surface area contributed by atoms with E-state index >= 15 is 0 Å². The minimum absolute atomic E-state index is 0.224. The molecule has 3 heteroatoms. The molecule has 2 aromatic carbocycles. The molecular formula is C14H14O3. The molecule has 0 saturated heterocycles. The molecule has 2 rings (SSSR count). The van der Waals surface area contributed by atoms with E-state index in [1.807, 2.05) is 30.3 Å². The van der Waals surface area contributed by atoms with Gasteiger partial charge in [0.2, 0.25) is 0 Å². The van der Waals surface area contributed by atoms with Crippen molar-refractivity contribution in [3.8, 4) is 11.5 Å². The molecule has 0 amide bonds. The van der Waals surface area contributed by atoms with Gasteiger partial charge in [0.1, 0.15) is 11.5 Å². The summed E-state index contributed by atoms with van der Waals surface area (Å²) in [6.45, 7) is 1.77. The predicted molar refractivity (Wildman–Crippen MR) is 66.4 cm³/mol. The summed E-state index contributed by atoms with van der Waals surface area (Å²) < 4.78 is 10.3. The molecule has 0 aliphatic rings. The zero-order valence-corrected chi connectivity index (χ0v) is 9.90. The van der Waals surface area contributed by atoms with Crippen LogP contribution < -0.4 is 9.47 Å². The monoisotopic (exact) mass is 230 g/mol. The van der Waals surface area contributed by atoms with Gasteiger partial charge in [-0.1, -0.05) is 19.1 Å². The first-order valence-electron chi connectivity index (χ1n) is 5.51. The lowest BCUT2D eigenvalue weighted by atomic mass is 10.1. The maximum absolute atomic E-state index is 11.2. The van der Waals surface area contributed by atoms with Crippen molar-refractivity contribution in [3.63, 3.8) is 0 Å². The maximum atomic E-state index is 11.2. The summed E-state index contributed by atoms with van der Waals surface area (Å²) in [5.74, 6) is 1.17. The van der Waals surface area contributed by atoms with Gasteiger partial charge < -0.3 is 9.47 Å². The van der Waals surface area contributed by atoms with Crippen LogP contribution in [-0.2, 0) is 4.79 Å². The third-order valence-electron chi connectivity index (χ3n) is 2.54. The Balaban J connectivity index is 2.34. The van der Waals surface area contributed by atoms with Gasteiger partial charge in [-0.25, -0.2) is 0 Å². The molecule has 0 saturated carbocycles. The van der Waals surface area contributed by atoms with Crippen LogP contribution in [0.15, 0.2) is 36.4 Å². The second kappa shape index (κ2) is 4.87. The van der Waals surface area contributed by atoms with E-state index in [2.05, 4.69) is 0 Å². The lowest BCUT2D eigenvalue weighted by Gasteiger charge is -2.05. The second-order valence-electron chi connectivity index (χ2n) is 3.70. The van der Waals surface area contributed by atoms with Gasteiger partial charge >= 0.3 is 5.97 Å². The number of fused-ring (bicyclic) bond motifs is 1. The van der Waals surface area contributed by atoms with Crippen LogP contribution in [0.3, 0.4) is 0 Å². The van der Waals surface area contributed by atoms with Gasteiger partial charge in [0.15, 0.2) is 0 Å². The van der Waals surface area contributed by atoms with Gasteiger partial charge in [-0.3, -0.25) is 4.79 Å². The van der Waals surface area contributed by atoms with Crippen molar-refractivity contribution in [3.05, 3.63) is 36.4 Å². The van der Waals surface area contributed by atoms with Crippen molar-refractivity contribution < 1.29 is 14.3 Å². The van der Waals surface area contributed by atoms with Crippen molar-refractivity contribution in [1.82, 2.24) is 0 Å². The zero-order chi connectivity index (χ0) is 12.3. The number of methoxy groups -OCH3 is 1. The molecule has 0 fully saturated rings. The number of rotatable bonds is 3. The van der Waals surface area contributed by atoms with Crippen LogP contribution in [0.25, 0.3) is 10.8 Å². The Kier molecular flexibility index (Phi) is 3.28. The first-order chi connectivity index (χ1) is 8.22. The molecule has 0 atom stereocenters. The Labute approximate surface area is 100.0 Å². The van der Waals surface area contributed by atoms with Gasteiger partial charge in [-0.2, -0.15) is 0 Å². The Morgan fingerprint density at radius 2 is 1.65 bits per heavy atom. The van der Waals surface area contributed by atoms with E-state index < -0.39 is 0 Å². The molecular weight excluding hydrogens is 216 g/mol. The SMILES string of the molecule is CCC(=O)Oc1ccc2cc(OC)ccc2c1. The van der Waals surface area contributed by atoms with Crippen LogP contribution in [0, 0.1) is 0 Å². The summed E-state index contributed by atoms with van der Waals surface area (Å²) in [7, 11) is 1.64. The molecule has 0 radical (unpaired) electrons. The molecule has 0 spiro atoms. The molecule has 17 heavy (non-hydrogen) atoms. The smallest absolute Gasteiger partial charge is 0.310 e. The van der Waals surface area contributed by atoms with Crippen LogP contribution >= 0.6 is 0 Å². The molecule has 88 valence electrons. The van der Waals surface area contributed by atoms with Crippen LogP contribution in [0.2, 0.25) is 0 Å². The number of hydrogen-bond acceptors (Lipinski definition) is 3. The second-order valence-corrected chi connectivity index (χ2v) is 3.70. The summed E-state index contributed by atoms with van der Waals surface area (Å²) in [5.41, 5.74) is 0. The normalized spacial score (nSPS) is 10.2. The largest absolute Gasteiger partial charge is 0.497 e. The van der Waals surface area contributed by atoms with Crippen LogP contribution in [0.5, 0.6) is 11.5 Å². The summed E-state index contributed by atoms with van der Waals surface area (Å²) in [6, 6.07) is 11.3. The summed E-state index contributed by atoms with van der Waals surface area (Å²) in [4.78, 5) is 11.2. The Morgan fingerprint density at radius 1 is 1.06 bits per heavy atom. The minimum Gasteiger partial charge on any atom is -0.497 e. The first-order valence-corrected chi connectivity index (χ1v) is 5.51. The molecule has 0 unspecified atom stereocenters. The lowest BCUT2D eigenvalue weighted by Crippen LogP contribution is -2.05. The van der Waals surface area contributed by atoms with Gasteiger partial charge in [0.05, 0.1) is 7.11 Å². The molecule has 0 aliphatic carbocycles. The Hall–Kier alpha value is -2.03. The third kappa shape index (κ3) is 2.56. The average Bonchev–Trinajstić information content (AvgIpc) is 2.38. The van der Waals surface area contributed by atoms with Crippen molar-refractivity contribution in [2.75, 3.05) is 7.11 Å². The maximum Gasteiger partial charge on any atom is 0.310 e. The summed E-state index contributed by atoms with van der Waals surface area (Å²) in [6.07, 6.45) is 0.376. The van der Waals surface area contributed by atoms with Crippen molar-refractivity contribution in [1.29, 1.82) is 0 Å². The summed E-state index contributed by atoms with van der Waals surface area (Å²) in [5, 5.41) is 2.08. The standard InChI is InChI=1S/C14H14O3/c1-3-14(15)17-13-7-5-10-8-12(16-2)6-4-11(10)9-13/h4-9H,3H2,1-2H3. The fourth-order valence-electron chi connectivity index (χ4n) is 1.60. The van der Waals surface area contributed by atoms with Crippen LogP contribution in [-0.4, -0.2) is 13.1 Å². The van der Waals surface area contributed by atoms with Crippen molar-refractivity contribution in [2.24, 2.45) is 0 Å². The van der Waals surface area contributed by atoms with Crippen molar-refractivity contribution >= 4 is 16.7 Å². The molecule has 2 aromatic rings. The van der Waals surface area contributed by atoms with Crippen molar-refractivity contribution in [2.45, 2.75) is 13.3 Å². The molecule has 0 heterocycles. The highest BCUT2D eigenvalue weighted by atomic mass is 16.5. The molecule has 3 nitrogen and oxygen atoms in total. The van der Waals surface area contributed by atoms with Gasteiger partial charge in [0, 0.05) is 6.42 Å². The van der Waals surface area contributed by atoms with Gasteiger partial charge in [-0.05, 0) is 35.0 Å². The topological polar surface area (TPSA) is 35.5 Å². The summed E-state index contributed by atoms with van der Waals surface area (Å²) >= 11 is 0. The molecule has 0 N–H and O–H groups in total. The Morgan fingerprint density at radius 3 is 2.24 bits per heavy atom. The third-order valence-corrected chi connectivity index (χ3v) is 2.54. The number of benzene rings is 2. The van der Waals surface area contributed by atoms with E-state index in [0.29, 0.717) is 12.2 Å². The van der Waals surface area contributed by atoms with Crippen LogP contribution in [0.1, 0.15) is 13.3 Å². The first kappa shape index (κ1) is 11.5. The fraction of sp³-hybridized carbons (Fsp3) is 0.214. The fourth-order valence-corrected chi connectivity index (χ4v) is 1.60. The number of hydrogen-bond donors (Lipinski definition) is 0. The quantitative estimate of drug-likeness (QED) is 0.600. The van der Waals surface area contributed by atoms with E-state index in [9.17, 15) is 4.79 Å². The highest BCUT2D eigenvalue weighted by Gasteiger charge is 2.03. The molecule has 0 aliphatic heterocycles. The van der Waals surface area contributed by atoms with Crippen LogP contribution in [0.4, 0.5) is 0 Å². The highest BCUT2D eigenvalue weighted by Crippen LogP contribution is 2.24. The van der Waals surface area contributed by atoms with E-state index in [1.165, 1.54) is 0 Å². The number of carbonyl (C=O) groups is 1. The van der Waals surface area contributed by atoms with E-state index in [4.69, 9.17) is 9.47 Å². The average molecular weight is 230 g/mol. The predicted octanol–water partition coefficient (Wildman–Crippen LogP) is 3.16. The van der Waals surface area contributed by atoms with Gasteiger partial charge in [-0.15, -0.1) is 0 Å². The van der Waals surface area contributed by atoms with E-state index in [-0.39, 0.29) is 5.97 Å². The number of esters is 1. The highest BCUT2D eigenvalue weighted by molar-refractivity contribution is 5.86. The van der Waals surface area contributed by atoms with Gasteiger partial charge in [0.25, 0.3) is 0 Å². The lowest BCUT2D eigenvalue weighted by molar-refractivity contribution is -0.134. The van der Waals surface area contributed by atoms with E-state index in [0.717, 1.165) is 16.5 Å². The van der Waals surface area contributed by atoms with E-state index in [1.54, 1.807) is 20.1 Å². The zero-order valence-electron chi connectivity index (χ0n) is 9.90. The minimum atomic E-state index is -0.224. The Bertz CT molecular complexity index is 546. The number of ether oxygens (including phenoxy) is 2. The number of carbonyl (C=O) groups excluding carboxylic acids is 1.